The van der Waals surface area contributed by atoms with E-state index in [0.717, 1.165) is 29.7 Å². The molecule has 3 fully saturated rings. The molecule has 3 aliphatic rings. The average molecular weight is 358 g/mol. The lowest BCUT2D eigenvalue weighted by Gasteiger charge is -2.44. The van der Waals surface area contributed by atoms with Gasteiger partial charge in [-0.25, -0.2) is 0 Å². The standard InChI is InChI=1S/C16H16N4OS.CH2O2/c17-8-10-1-2-12-14(7-10)22-19-15(12)16(21)18-13-9-20-5-3-11(13)4-6-20;2-1-3/h1-2,7,11,13H,3-6,9H2,(H,18,21);1H,(H,2,3)/t13-;/m1./s1. The summed E-state index contributed by atoms with van der Waals surface area (Å²) in [4.78, 5) is 23.3. The van der Waals surface area contributed by atoms with Crippen molar-refractivity contribution in [1.82, 2.24) is 14.6 Å². The highest BCUT2D eigenvalue weighted by Gasteiger charge is 2.35. The SMILES string of the molecule is N#Cc1ccc2c(C(=O)N[C@@H]3CN4CCC3CC4)nsc2c1.O=CO. The first kappa shape index (κ1) is 17.3. The quantitative estimate of drug-likeness (QED) is 0.791. The Morgan fingerprint density at radius 3 is 2.76 bits per heavy atom. The lowest BCUT2D eigenvalue weighted by molar-refractivity contribution is -0.122. The number of nitriles is 1. The molecule has 1 atom stereocenters. The number of nitrogens with one attached hydrogen (secondary N) is 1. The molecular weight excluding hydrogens is 340 g/mol. The van der Waals surface area contributed by atoms with E-state index in [2.05, 4.69) is 20.7 Å². The van der Waals surface area contributed by atoms with Gasteiger partial charge in [0.2, 0.25) is 0 Å². The van der Waals surface area contributed by atoms with Gasteiger partial charge < -0.3 is 15.3 Å². The van der Waals surface area contributed by atoms with Crippen LogP contribution >= 0.6 is 11.5 Å². The number of carbonyl (C=O) groups excluding carboxylic acids is 1. The lowest BCUT2D eigenvalue weighted by atomic mass is 9.84. The van der Waals surface area contributed by atoms with E-state index < -0.39 is 0 Å². The molecular formula is C17H18N4O3S. The first-order valence-electron chi connectivity index (χ1n) is 8.07. The molecule has 0 unspecified atom stereocenters. The summed E-state index contributed by atoms with van der Waals surface area (Å²) in [7, 11) is 0. The Kier molecular flexibility index (Phi) is 5.26. The van der Waals surface area contributed by atoms with Crippen LogP contribution < -0.4 is 5.32 Å². The third kappa shape index (κ3) is 3.62. The molecule has 3 saturated heterocycles. The van der Waals surface area contributed by atoms with E-state index in [1.165, 1.54) is 24.4 Å². The second-order valence-electron chi connectivity index (χ2n) is 6.18. The van der Waals surface area contributed by atoms with Gasteiger partial charge >= 0.3 is 0 Å². The molecule has 0 aliphatic carbocycles. The zero-order chi connectivity index (χ0) is 17.8. The van der Waals surface area contributed by atoms with Crippen molar-refractivity contribution in [2.75, 3.05) is 19.6 Å². The van der Waals surface area contributed by atoms with Crippen molar-refractivity contribution in [2.24, 2.45) is 5.92 Å². The van der Waals surface area contributed by atoms with E-state index in [9.17, 15) is 4.79 Å². The minimum Gasteiger partial charge on any atom is -0.483 e. The lowest BCUT2D eigenvalue weighted by Crippen LogP contribution is -2.57. The van der Waals surface area contributed by atoms with Crippen LogP contribution in [0.5, 0.6) is 0 Å². The van der Waals surface area contributed by atoms with E-state index in [-0.39, 0.29) is 18.4 Å². The summed E-state index contributed by atoms with van der Waals surface area (Å²) >= 11 is 1.28. The van der Waals surface area contributed by atoms with Gasteiger partial charge in [0.25, 0.3) is 12.4 Å². The van der Waals surface area contributed by atoms with Crippen LogP contribution in [0.25, 0.3) is 10.1 Å². The predicted molar refractivity (Wildman–Crippen MR) is 93.4 cm³/mol. The molecule has 2 N–H and O–H groups in total. The Morgan fingerprint density at radius 1 is 1.44 bits per heavy atom. The van der Waals surface area contributed by atoms with Gasteiger partial charge in [-0.15, -0.1) is 0 Å². The Hall–Kier alpha value is -2.50. The van der Waals surface area contributed by atoms with Crippen molar-refractivity contribution in [3.05, 3.63) is 29.5 Å². The number of carboxylic acid groups (broad SMARTS) is 1. The molecule has 3 aliphatic heterocycles. The van der Waals surface area contributed by atoms with Gasteiger partial charge in [-0.3, -0.25) is 9.59 Å². The number of hydrogen-bond acceptors (Lipinski definition) is 6. The second kappa shape index (κ2) is 7.59. The Morgan fingerprint density at radius 2 is 2.16 bits per heavy atom. The predicted octanol–water partition coefficient (Wildman–Crippen LogP) is 1.69. The number of hydrogen-bond donors (Lipinski definition) is 2. The van der Waals surface area contributed by atoms with Crippen molar-refractivity contribution >= 4 is 34.0 Å². The fraction of sp³-hybridized carbons (Fsp3) is 0.412. The summed E-state index contributed by atoms with van der Waals surface area (Å²) in [6.07, 6.45) is 2.35. The molecule has 130 valence electrons. The zero-order valence-corrected chi connectivity index (χ0v) is 14.3. The van der Waals surface area contributed by atoms with Crippen LogP contribution in [0.4, 0.5) is 0 Å². The number of benzene rings is 1. The molecule has 7 nitrogen and oxygen atoms in total. The number of fused-ring (bicyclic) bond motifs is 4. The van der Waals surface area contributed by atoms with Crippen molar-refractivity contribution in [1.29, 1.82) is 5.26 Å². The van der Waals surface area contributed by atoms with Gasteiger partial charge in [-0.1, -0.05) is 0 Å². The smallest absolute Gasteiger partial charge is 0.290 e. The number of amides is 1. The first-order chi connectivity index (χ1) is 12.2. The molecule has 8 heteroatoms. The zero-order valence-electron chi connectivity index (χ0n) is 13.5. The minimum atomic E-state index is -0.250. The van der Waals surface area contributed by atoms with Crippen molar-refractivity contribution in [2.45, 2.75) is 18.9 Å². The number of nitrogens with zero attached hydrogens (tertiary/aromatic N) is 3. The fourth-order valence-electron chi connectivity index (χ4n) is 3.54. The molecule has 1 aromatic heterocycles. The Bertz CT molecular complexity index is 821. The summed E-state index contributed by atoms with van der Waals surface area (Å²) < 4.78 is 5.19. The van der Waals surface area contributed by atoms with E-state index in [1.54, 1.807) is 12.1 Å². The largest absolute Gasteiger partial charge is 0.483 e. The van der Waals surface area contributed by atoms with Gasteiger partial charge in [-0.05, 0) is 61.6 Å². The maximum Gasteiger partial charge on any atom is 0.290 e. The molecule has 1 aromatic carbocycles. The van der Waals surface area contributed by atoms with E-state index in [0.29, 0.717) is 17.2 Å². The third-order valence-corrected chi connectivity index (χ3v) is 5.60. The van der Waals surface area contributed by atoms with Gasteiger partial charge in [0.15, 0.2) is 0 Å². The van der Waals surface area contributed by atoms with Gasteiger partial charge in [0.1, 0.15) is 5.69 Å². The number of aromatic nitrogens is 1. The number of rotatable bonds is 2. The first-order valence-corrected chi connectivity index (χ1v) is 8.84. The Labute approximate surface area is 149 Å². The minimum absolute atomic E-state index is 0.0882. The summed E-state index contributed by atoms with van der Waals surface area (Å²) in [6, 6.07) is 7.71. The molecule has 5 rings (SSSR count). The van der Waals surface area contributed by atoms with Crippen molar-refractivity contribution in [3.63, 3.8) is 0 Å². The monoisotopic (exact) mass is 358 g/mol. The van der Waals surface area contributed by atoms with E-state index in [1.807, 2.05) is 6.07 Å². The summed E-state index contributed by atoms with van der Waals surface area (Å²) in [5.41, 5.74) is 1.08. The maximum atomic E-state index is 12.6. The second-order valence-corrected chi connectivity index (χ2v) is 6.98. The summed E-state index contributed by atoms with van der Waals surface area (Å²) in [5, 5.41) is 19.8. The average Bonchev–Trinajstić information content (AvgIpc) is 3.06. The molecule has 1 amide bonds. The van der Waals surface area contributed by atoms with E-state index >= 15 is 0 Å². The number of carbonyl (C=O) groups is 2. The van der Waals surface area contributed by atoms with Crippen LogP contribution in [0.1, 0.15) is 28.9 Å². The van der Waals surface area contributed by atoms with Crippen LogP contribution in [0, 0.1) is 17.2 Å². The fourth-order valence-corrected chi connectivity index (χ4v) is 4.35. The topological polar surface area (TPSA) is 106 Å². The molecule has 25 heavy (non-hydrogen) atoms. The van der Waals surface area contributed by atoms with Gasteiger partial charge in [0.05, 0.1) is 16.3 Å². The van der Waals surface area contributed by atoms with Crippen molar-refractivity contribution in [3.8, 4) is 6.07 Å². The highest BCUT2D eigenvalue weighted by atomic mass is 32.1. The Balaban J connectivity index is 0.000000569. The normalized spacial score (nSPS) is 24.0. The van der Waals surface area contributed by atoms with Crippen LogP contribution in [0.15, 0.2) is 18.2 Å². The van der Waals surface area contributed by atoms with Crippen LogP contribution in [-0.4, -0.2) is 52.4 Å². The molecule has 2 aromatic rings. The highest BCUT2D eigenvalue weighted by molar-refractivity contribution is 7.13. The van der Waals surface area contributed by atoms with Crippen molar-refractivity contribution < 1.29 is 14.7 Å². The summed E-state index contributed by atoms with van der Waals surface area (Å²) in [6.45, 7) is 3.03. The molecule has 2 bridgehead atoms. The molecule has 0 radical (unpaired) electrons. The highest BCUT2D eigenvalue weighted by Crippen LogP contribution is 2.28. The molecule has 4 heterocycles. The molecule has 0 saturated carbocycles. The van der Waals surface area contributed by atoms with Crippen LogP contribution in [-0.2, 0) is 4.79 Å². The third-order valence-electron chi connectivity index (χ3n) is 4.79. The van der Waals surface area contributed by atoms with Crippen LogP contribution in [0.2, 0.25) is 0 Å². The van der Waals surface area contributed by atoms with Gasteiger partial charge in [-0.2, -0.15) is 9.64 Å². The number of piperidine rings is 3. The van der Waals surface area contributed by atoms with Crippen LogP contribution in [0.3, 0.4) is 0 Å². The van der Waals surface area contributed by atoms with Gasteiger partial charge in [0, 0.05) is 18.0 Å². The van der Waals surface area contributed by atoms with E-state index in [4.69, 9.17) is 15.2 Å². The summed E-state index contributed by atoms with van der Waals surface area (Å²) in [5.74, 6) is 0.513. The molecule has 0 spiro atoms. The maximum absolute atomic E-state index is 12.6.